The Morgan fingerprint density at radius 1 is 1.20 bits per heavy atom. The van der Waals surface area contributed by atoms with Gasteiger partial charge >= 0.3 is 0 Å². The van der Waals surface area contributed by atoms with E-state index in [9.17, 15) is 0 Å². The normalized spacial score (nSPS) is 12.2. The number of nitrogens with one attached hydrogen (secondary N) is 1. The monoisotopic (exact) mass is 299 g/mol. The van der Waals surface area contributed by atoms with Crippen LogP contribution in [0.3, 0.4) is 0 Å². The molecule has 1 aromatic carbocycles. The van der Waals surface area contributed by atoms with Gasteiger partial charge in [0.15, 0.2) is 11.5 Å². The van der Waals surface area contributed by atoms with Crippen molar-refractivity contribution in [1.82, 2.24) is 5.32 Å². The molecule has 0 aromatic heterocycles. The van der Waals surface area contributed by atoms with Crippen molar-refractivity contribution in [2.75, 3.05) is 14.2 Å². The number of hydrogen-bond acceptors (Lipinski definition) is 3. The van der Waals surface area contributed by atoms with Gasteiger partial charge in [-0.15, -0.1) is 0 Å². The third-order valence-corrected chi connectivity index (χ3v) is 3.86. The van der Waals surface area contributed by atoms with Crippen LogP contribution in [0.2, 0.25) is 5.02 Å². The third-order valence-electron chi connectivity index (χ3n) is 3.45. The quantitative estimate of drug-likeness (QED) is 0.685. The Balaban J connectivity index is 2.60. The highest BCUT2D eigenvalue weighted by Gasteiger charge is 2.13. The average molecular weight is 300 g/mol. The van der Waals surface area contributed by atoms with Crippen LogP contribution in [0.25, 0.3) is 0 Å². The first-order valence-electron chi connectivity index (χ1n) is 7.26. The number of methoxy groups -OCH3 is 2. The summed E-state index contributed by atoms with van der Waals surface area (Å²) in [5, 5.41) is 4.13. The predicted octanol–water partition coefficient (Wildman–Crippen LogP) is 4.42. The van der Waals surface area contributed by atoms with Gasteiger partial charge in [0.2, 0.25) is 0 Å². The molecule has 1 unspecified atom stereocenters. The highest BCUT2D eigenvalue weighted by Crippen LogP contribution is 2.37. The molecular formula is C16H26ClNO2. The van der Waals surface area contributed by atoms with E-state index < -0.39 is 0 Å². The highest BCUT2D eigenvalue weighted by atomic mass is 35.5. The maximum atomic E-state index is 6.36. The summed E-state index contributed by atoms with van der Waals surface area (Å²) in [6, 6.07) is 4.37. The van der Waals surface area contributed by atoms with E-state index in [4.69, 9.17) is 21.1 Å². The minimum absolute atomic E-state index is 0.491. The molecule has 4 heteroatoms. The molecule has 3 nitrogen and oxygen atoms in total. The molecule has 1 aromatic rings. The number of benzene rings is 1. The molecule has 1 rings (SSSR count). The van der Waals surface area contributed by atoms with Crippen LogP contribution in [0, 0.1) is 0 Å². The van der Waals surface area contributed by atoms with Crippen molar-refractivity contribution in [3.8, 4) is 11.5 Å². The van der Waals surface area contributed by atoms with Crippen molar-refractivity contribution in [1.29, 1.82) is 0 Å². The first-order valence-corrected chi connectivity index (χ1v) is 7.64. The molecule has 0 saturated carbocycles. The van der Waals surface area contributed by atoms with E-state index in [1.165, 1.54) is 25.7 Å². The Kier molecular flexibility index (Phi) is 7.78. The lowest BCUT2D eigenvalue weighted by atomic mass is 10.1. The third kappa shape index (κ3) is 4.88. The standard InChI is InChI=1S/C16H26ClNO2/c1-5-6-7-8-12(2)18-11-13-9-10-14(19-3)16(20-4)15(13)17/h9-10,12,18H,5-8,11H2,1-4H3. The Morgan fingerprint density at radius 2 is 1.95 bits per heavy atom. The van der Waals surface area contributed by atoms with Crippen LogP contribution in [0.15, 0.2) is 12.1 Å². The second kappa shape index (κ2) is 9.09. The molecule has 0 aliphatic rings. The van der Waals surface area contributed by atoms with Crippen molar-refractivity contribution in [3.05, 3.63) is 22.7 Å². The minimum Gasteiger partial charge on any atom is -0.493 e. The van der Waals surface area contributed by atoms with E-state index in [2.05, 4.69) is 19.2 Å². The molecule has 1 N–H and O–H groups in total. The molecule has 0 aliphatic carbocycles. The number of rotatable bonds is 9. The Bertz CT molecular complexity index is 410. The van der Waals surface area contributed by atoms with Gasteiger partial charge in [0.05, 0.1) is 19.2 Å². The smallest absolute Gasteiger partial charge is 0.179 e. The van der Waals surface area contributed by atoms with Gasteiger partial charge in [-0.2, -0.15) is 0 Å². The van der Waals surface area contributed by atoms with Gasteiger partial charge in [-0.1, -0.05) is 43.9 Å². The van der Waals surface area contributed by atoms with Crippen LogP contribution in [0.1, 0.15) is 45.1 Å². The zero-order valence-electron chi connectivity index (χ0n) is 13.0. The lowest BCUT2D eigenvalue weighted by molar-refractivity contribution is 0.354. The van der Waals surface area contributed by atoms with E-state index in [-0.39, 0.29) is 0 Å². The van der Waals surface area contributed by atoms with Crippen LogP contribution in [-0.4, -0.2) is 20.3 Å². The summed E-state index contributed by atoms with van der Waals surface area (Å²) in [7, 11) is 3.22. The minimum atomic E-state index is 0.491. The van der Waals surface area contributed by atoms with Crippen molar-refractivity contribution < 1.29 is 9.47 Å². The first-order chi connectivity index (χ1) is 9.63. The van der Waals surface area contributed by atoms with Gasteiger partial charge in [0, 0.05) is 12.6 Å². The topological polar surface area (TPSA) is 30.5 Å². The summed E-state index contributed by atoms with van der Waals surface area (Å²) in [5.74, 6) is 1.27. The van der Waals surface area contributed by atoms with E-state index in [0.29, 0.717) is 22.6 Å². The lowest BCUT2D eigenvalue weighted by Gasteiger charge is -2.16. The fourth-order valence-electron chi connectivity index (χ4n) is 2.15. The Hall–Kier alpha value is -0.930. The molecular weight excluding hydrogens is 274 g/mol. The molecule has 0 fully saturated rings. The van der Waals surface area contributed by atoms with Crippen molar-refractivity contribution in [3.63, 3.8) is 0 Å². The van der Waals surface area contributed by atoms with E-state index >= 15 is 0 Å². The van der Waals surface area contributed by atoms with Gasteiger partial charge in [0.25, 0.3) is 0 Å². The molecule has 1 atom stereocenters. The van der Waals surface area contributed by atoms with Gasteiger partial charge in [-0.25, -0.2) is 0 Å². The molecule has 114 valence electrons. The van der Waals surface area contributed by atoms with Crippen molar-refractivity contribution in [2.24, 2.45) is 0 Å². The summed E-state index contributed by atoms with van der Waals surface area (Å²) in [6.07, 6.45) is 5.01. The second-order valence-electron chi connectivity index (χ2n) is 5.05. The van der Waals surface area contributed by atoms with Gasteiger partial charge in [0.1, 0.15) is 0 Å². The van der Waals surface area contributed by atoms with Crippen molar-refractivity contribution in [2.45, 2.75) is 52.1 Å². The first kappa shape index (κ1) is 17.1. The Labute approximate surface area is 127 Å². The van der Waals surface area contributed by atoms with Crippen LogP contribution in [0.4, 0.5) is 0 Å². The number of halogens is 1. The molecule has 0 saturated heterocycles. The molecule has 0 heterocycles. The van der Waals surface area contributed by atoms with Crippen LogP contribution in [-0.2, 0) is 6.54 Å². The maximum Gasteiger partial charge on any atom is 0.179 e. The van der Waals surface area contributed by atoms with Crippen LogP contribution < -0.4 is 14.8 Å². The summed E-state index contributed by atoms with van der Waals surface area (Å²) in [5.41, 5.74) is 1.03. The predicted molar refractivity (Wildman–Crippen MR) is 85.0 cm³/mol. The number of hydrogen-bond donors (Lipinski definition) is 1. The van der Waals surface area contributed by atoms with Crippen molar-refractivity contribution >= 4 is 11.6 Å². The van der Waals surface area contributed by atoms with Gasteiger partial charge in [-0.05, 0) is 25.0 Å². The average Bonchev–Trinajstić information content (AvgIpc) is 2.45. The summed E-state index contributed by atoms with van der Waals surface area (Å²) in [4.78, 5) is 0. The molecule has 0 bridgehead atoms. The van der Waals surface area contributed by atoms with E-state index in [1.54, 1.807) is 14.2 Å². The van der Waals surface area contributed by atoms with E-state index in [1.807, 2.05) is 12.1 Å². The zero-order valence-corrected chi connectivity index (χ0v) is 13.7. The van der Waals surface area contributed by atoms with Gasteiger partial charge < -0.3 is 14.8 Å². The Morgan fingerprint density at radius 3 is 2.55 bits per heavy atom. The van der Waals surface area contributed by atoms with Gasteiger partial charge in [-0.3, -0.25) is 0 Å². The molecule has 0 radical (unpaired) electrons. The second-order valence-corrected chi connectivity index (χ2v) is 5.43. The molecule has 20 heavy (non-hydrogen) atoms. The van der Waals surface area contributed by atoms with Crippen LogP contribution >= 0.6 is 11.6 Å². The van der Waals surface area contributed by atoms with Crippen LogP contribution in [0.5, 0.6) is 11.5 Å². The fraction of sp³-hybridized carbons (Fsp3) is 0.625. The maximum absolute atomic E-state index is 6.36. The van der Waals surface area contributed by atoms with E-state index in [0.717, 1.165) is 12.1 Å². The molecule has 0 spiro atoms. The highest BCUT2D eigenvalue weighted by molar-refractivity contribution is 6.33. The molecule has 0 aliphatic heterocycles. The largest absolute Gasteiger partial charge is 0.493 e. The summed E-state index contributed by atoms with van der Waals surface area (Å²) < 4.78 is 10.5. The fourth-order valence-corrected chi connectivity index (χ4v) is 2.45. The number of ether oxygens (including phenoxy) is 2. The SMILES string of the molecule is CCCCCC(C)NCc1ccc(OC)c(OC)c1Cl. The zero-order chi connectivity index (χ0) is 15.0. The lowest BCUT2D eigenvalue weighted by Crippen LogP contribution is -2.25. The summed E-state index contributed by atoms with van der Waals surface area (Å²) >= 11 is 6.36. The summed E-state index contributed by atoms with van der Waals surface area (Å²) in [6.45, 7) is 5.18. The number of unbranched alkanes of at least 4 members (excludes halogenated alkanes) is 2. The molecule has 0 amide bonds.